The number of aromatic amines is 1. The molecule has 13 heteroatoms. The zero-order valence-electron chi connectivity index (χ0n) is 18.2. The van der Waals surface area contributed by atoms with Crippen molar-refractivity contribution in [2.45, 2.75) is 31.3 Å². The van der Waals surface area contributed by atoms with Gasteiger partial charge in [0.25, 0.3) is 11.5 Å². The van der Waals surface area contributed by atoms with Crippen LogP contribution in [0.5, 0.6) is 0 Å². The van der Waals surface area contributed by atoms with Crippen LogP contribution in [0.1, 0.15) is 29.6 Å². The summed E-state index contributed by atoms with van der Waals surface area (Å²) >= 11 is 0. The minimum atomic E-state index is -1.30. The Morgan fingerprint density at radius 1 is 1.24 bits per heavy atom. The fourth-order valence-corrected chi connectivity index (χ4v) is 4.19. The summed E-state index contributed by atoms with van der Waals surface area (Å²) in [6.07, 6.45) is 0.212. The fraction of sp³-hybridized carbons (Fsp3) is 0.381. The molecule has 0 saturated carbocycles. The van der Waals surface area contributed by atoms with Crippen LogP contribution >= 0.6 is 0 Å². The Hall–Kier alpha value is -4.29. The van der Waals surface area contributed by atoms with Gasteiger partial charge in [0, 0.05) is 30.8 Å². The predicted octanol–water partition coefficient (Wildman–Crippen LogP) is -0.132. The number of benzene rings is 1. The Balaban J connectivity index is 1.46. The molecule has 1 aromatic heterocycles. The number of nitrogens with two attached hydrogens (primary N) is 1. The van der Waals surface area contributed by atoms with Crippen LogP contribution in [-0.4, -0.2) is 69.9 Å². The largest absolute Gasteiger partial charge is 0.481 e. The summed E-state index contributed by atoms with van der Waals surface area (Å²) in [5.41, 5.74) is 6.86. The maximum Gasteiger partial charge on any atom is 0.326 e. The number of amides is 1. The summed E-state index contributed by atoms with van der Waals surface area (Å²) in [5.74, 6) is -2.54. The van der Waals surface area contributed by atoms with Crippen molar-refractivity contribution in [1.82, 2.24) is 15.3 Å². The van der Waals surface area contributed by atoms with E-state index in [2.05, 4.69) is 25.5 Å². The van der Waals surface area contributed by atoms with Crippen LogP contribution in [0.2, 0.25) is 0 Å². The highest BCUT2D eigenvalue weighted by atomic mass is 16.4. The minimum Gasteiger partial charge on any atom is -0.481 e. The van der Waals surface area contributed by atoms with Gasteiger partial charge in [-0.1, -0.05) is 0 Å². The SMILES string of the molecule is Nc1nc2c(c(=O)[nH]1)N1CN(c3ccc(C(=O)NC(CCC(=O)O)C(=O)O)cc3)CCC1CN2. The Bertz CT molecular complexity index is 1170. The van der Waals surface area contributed by atoms with Gasteiger partial charge in [-0.3, -0.25) is 19.4 Å². The van der Waals surface area contributed by atoms with E-state index in [1.54, 1.807) is 24.3 Å². The zero-order valence-corrected chi connectivity index (χ0v) is 18.2. The number of anilines is 4. The molecule has 0 spiro atoms. The van der Waals surface area contributed by atoms with Crippen LogP contribution in [0.4, 0.5) is 23.1 Å². The summed E-state index contributed by atoms with van der Waals surface area (Å²) in [4.78, 5) is 57.8. The molecular formula is C21H25N7O6. The molecule has 180 valence electrons. The molecular weight excluding hydrogens is 446 g/mol. The number of hydrogen-bond acceptors (Lipinski definition) is 9. The van der Waals surface area contributed by atoms with Crippen LogP contribution in [0.25, 0.3) is 0 Å². The van der Waals surface area contributed by atoms with Crippen molar-refractivity contribution in [1.29, 1.82) is 0 Å². The molecule has 0 bridgehead atoms. The average molecular weight is 471 g/mol. The first-order valence-corrected chi connectivity index (χ1v) is 10.7. The van der Waals surface area contributed by atoms with Crippen molar-refractivity contribution in [3.63, 3.8) is 0 Å². The highest BCUT2D eigenvalue weighted by Crippen LogP contribution is 2.32. The number of carboxylic acid groups (broad SMARTS) is 2. The Morgan fingerprint density at radius 3 is 2.65 bits per heavy atom. The number of hydrogen-bond donors (Lipinski definition) is 6. The molecule has 0 radical (unpaired) electrons. The molecule has 1 aromatic carbocycles. The van der Waals surface area contributed by atoms with E-state index in [0.29, 0.717) is 24.7 Å². The minimum absolute atomic E-state index is 0.0468. The summed E-state index contributed by atoms with van der Waals surface area (Å²) < 4.78 is 0. The fourth-order valence-electron chi connectivity index (χ4n) is 4.19. The lowest BCUT2D eigenvalue weighted by Gasteiger charge is -2.46. The van der Waals surface area contributed by atoms with Gasteiger partial charge < -0.3 is 36.4 Å². The van der Waals surface area contributed by atoms with E-state index in [0.717, 1.165) is 18.7 Å². The third kappa shape index (κ3) is 4.72. The maximum absolute atomic E-state index is 12.5. The molecule has 2 aliphatic heterocycles. The second-order valence-electron chi connectivity index (χ2n) is 8.19. The van der Waals surface area contributed by atoms with E-state index in [1.165, 1.54) is 0 Å². The number of carbonyl (C=O) groups excluding carboxylic acids is 1. The molecule has 2 aliphatic rings. The van der Waals surface area contributed by atoms with E-state index < -0.39 is 23.9 Å². The molecule has 7 N–H and O–H groups in total. The van der Waals surface area contributed by atoms with Crippen molar-refractivity contribution < 1.29 is 24.6 Å². The Morgan fingerprint density at radius 2 is 1.97 bits per heavy atom. The first kappa shape index (κ1) is 22.9. The highest BCUT2D eigenvalue weighted by molar-refractivity contribution is 5.97. The molecule has 0 aliphatic carbocycles. The lowest BCUT2D eigenvalue weighted by molar-refractivity contribution is -0.140. The number of carboxylic acids is 2. The van der Waals surface area contributed by atoms with Crippen LogP contribution in [0.15, 0.2) is 29.1 Å². The molecule has 3 heterocycles. The van der Waals surface area contributed by atoms with E-state index in [1.807, 2.05) is 4.90 Å². The summed E-state index contributed by atoms with van der Waals surface area (Å²) in [5, 5.41) is 23.5. The molecule has 1 amide bonds. The third-order valence-corrected chi connectivity index (χ3v) is 5.95. The van der Waals surface area contributed by atoms with Gasteiger partial charge in [0.1, 0.15) is 11.7 Å². The number of nitrogens with zero attached hydrogens (tertiary/aromatic N) is 3. The number of aliphatic carboxylic acids is 2. The van der Waals surface area contributed by atoms with Gasteiger partial charge in [-0.25, -0.2) is 4.79 Å². The quantitative estimate of drug-likeness (QED) is 0.315. The van der Waals surface area contributed by atoms with Crippen LogP contribution < -0.4 is 31.7 Å². The highest BCUT2D eigenvalue weighted by Gasteiger charge is 2.34. The number of carbonyl (C=O) groups is 3. The third-order valence-electron chi connectivity index (χ3n) is 5.95. The number of nitrogen functional groups attached to an aromatic ring is 1. The second kappa shape index (κ2) is 9.29. The van der Waals surface area contributed by atoms with Gasteiger partial charge >= 0.3 is 11.9 Å². The summed E-state index contributed by atoms with van der Waals surface area (Å²) in [7, 11) is 0. The average Bonchev–Trinajstić information content (AvgIpc) is 2.80. The second-order valence-corrected chi connectivity index (χ2v) is 8.19. The zero-order chi connectivity index (χ0) is 24.4. The molecule has 2 unspecified atom stereocenters. The number of nitrogens with one attached hydrogen (secondary N) is 3. The molecule has 34 heavy (non-hydrogen) atoms. The monoisotopic (exact) mass is 471 g/mol. The van der Waals surface area contributed by atoms with Crippen LogP contribution in [-0.2, 0) is 9.59 Å². The van der Waals surface area contributed by atoms with Gasteiger partial charge in [0.05, 0.1) is 12.7 Å². The normalized spacial score (nSPS) is 17.7. The molecule has 1 fully saturated rings. The van der Waals surface area contributed by atoms with Crippen LogP contribution in [0, 0.1) is 0 Å². The van der Waals surface area contributed by atoms with E-state index in [9.17, 15) is 24.3 Å². The van der Waals surface area contributed by atoms with Crippen molar-refractivity contribution in [2.75, 3.05) is 40.6 Å². The number of fused-ring (bicyclic) bond motifs is 3. The first-order valence-electron chi connectivity index (χ1n) is 10.7. The smallest absolute Gasteiger partial charge is 0.326 e. The maximum atomic E-state index is 12.5. The first-order chi connectivity index (χ1) is 16.2. The molecule has 2 aromatic rings. The molecule has 4 rings (SSSR count). The van der Waals surface area contributed by atoms with Crippen molar-refractivity contribution in [3.05, 3.63) is 40.2 Å². The van der Waals surface area contributed by atoms with Crippen LogP contribution in [0.3, 0.4) is 0 Å². The van der Waals surface area contributed by atoms with E-state index >= 15 is 0 Å². The van der Waals surface area contributed by atoms with E-state index in [-0.39, 0.29) is 36.0 Å². The lowest BCUT2D eigenvalue weighted by atomic mass is 10.1. The lowest BCUT2D eigenvalue weighted by Crippen LogP contribution is -2.57. The van der Waals surface area contributed by atoms with Gasteiger partial charge in [-0.15, -0.1) is 0 Å². The molecule has 13 nitrogen and oxygen atoms in total. The van der Waals surface area contributed by atoms with Gasteiger partial charge in [-0.05, 0) is 37.1 Å². The van der Waals surface area contributed by atoms with Crippen molar-refractivity contribution in [2.24, 2.45) is 0 Å². The molecule has 1 saturated heterocycles. The van der Waals surface area contributed by atoms with Crippen molar-refractivity contribution >= 4 is 41.0 Å². The summed E-state index contributed by atoms with van der Waals surface area (Å²) in [6.45, 7) is 1.82. The number of H-pyrrole nitrogens is 1. The Kier molecular flexibility index (Phi) is 6.25. The number of aromatic nitrogens is 2. The van der Waals surface area contributed by atoms with Gasteiger partial charge in [-0.2, -0.15) is 4.98 Å². The summed E-state index contributed by atoms with van der Waals surface area (Å²) in [6, 6.07) is 5.48. The standard InChI is InChI=1S/C21H25N7O6/c22-21-25-17-16(19(32)26-21)28-10-27(8-7-13(28)9-23-17)12-3-1-11(2-4-12)18(31)24-14(20(33)34)5-6-15(29)30/h1-4,13-14H,5-10H2,(H,24,31)(H,29,30)(H,33,34)(H4,22,23,25,26,32). The predicted molar refractivity (Wildman–Crippen MR) is 123 cm³/mol. The van der Waals surface area contributed by atoms with Gasteiger partial charge in [0.15, 0.2) is 5.82 Å². The topological polar surface area (TPSA) is 194 Å². The number of rotatable bonds is 7. The molecule has 2 atom stereocenters. The Labute approximate surface area is 193 Å². The van der Waals surface area contributed by atoms with E-state index in [4.69, 9.17) is 10.8 Å². The van der Waals surface area contributed by atoms with Crippen molar-refractivity contribution in [3.8, 4) is 0 Å². The van der Waals surface area contributed by atoms with Gasteiger partial charge in [0.2, 0.25) is 5.95 Å².